The Morgan fingerprint density at radius 2 is 1.57 bits per heavy atom. The largest absolute Gasteiger partial charge is 0.343 e. The lowest BCUT2D eigenvalue weighted by atomic mass is 9.94. The lowest BCUT2D eigenvalue weighted by molar-refractivity contribution is -0.384. The van der Waals surface area contributed by atoms with Crippen LogP contribution in [0.15, 0.2) is 84.2 Å². The van der Waals surface area contributed by atoms with Crippen LogP contribution in [0.2, 0.25) is 0 Å². The number of hydrogen-bond acceptors (Lipinski definition) is 6. The normalized spacial score (nSPS) is 14.2. The minimum atomic E-state index is -0.747. The van der Waals surface area contributed by atoms with Gasteiger partial charge in [-0.15, -0.1) is 0 Å². The van der Waals surface area contributed by atoms with E-state index < -0.39 is 11.0 Å². The zero-order chi connectivity index (χ0) is 28.6. The highest BCUT2D eigenvalue weighted by Gasteiger charge is 2.35. The standard InChI is InChI=1S/C30H28N6O4/c1-17-5-10-22(11-6-17)33-29(37)24-16-31-35-27(21-8-12-23(13-9-21)36(39)40)26(20(4)32-28(24)35)30(38)34-25-14-7-18(2)15-19(25)3/h5-16,27,32H,1-4H3,(H,33,37)(H,34,38)/t27-/m1/s1. The number of carbonyl (C=O) groups is 2. The molecule has 4 aromatic rings. The van der Waals surface area contributed by atoms with Crippen molar-refractivity contribution in [1.29, 1.82) is 0 Å². The second-order valence-corrected chi connectivity index (χ2v) is 9.86. The molecule has 0 fully saturated rings. The molecule has 40 heavy (non-hydrogen) atoms. The van der Waals surface area contributed by atoms with Crippen LogP contribution in [-0.2, 0) is 4.79 Å². The molecule has 10 heteroatoms. The summed E-state index contributed by atoms with van der Waals surface area (Å²) in [6.45, 7) is 7.62. The van der Waals surface area contributed by atoms with Crippen LogP contribution in [0.25, 0.3) is 0 Å². The number of hydrogen-bond donors (Lipinski definition) is 3. The summed E-state index contributed by atoms with van der Waals surface area (Å²) >= 11 is 0. The number of nitro benzene ring substituents is 1. The van der Waals surface area contributed by atoms with Crippen molar-refractivity contribution in [2.24, 2.45) is 0 Å². The molecule has 10 nitrogen and oxygen atoms in total. The van der Waals surface area contributed by atoms with Gasteiger partial charge >= 0.3 is 0 Å². The van der Waals surface area contributed by atoms with Gasteiger partial charge in [0, 0.05) is 29.2 Å². The molecular formula is C30H28N6O4. The van der Waals surface area contributed by atoms with Gasteiger partial charge < -0.3 is 16.0 Å². The number of nitrogens with zero attached hydrogens (tertiary/aromatic N) is 3. The van der Waals surface area contributed by atoms with Gasteiger partial charge in [0.25, 0.3) is 17.5 Å². The van der Waals surface area contributed by atoms with Gasteiger partial charge in [-0.05, 0) is 69.2 Å². The number of amides is 2. The summed E-state index contributed by atoms with van der Waals surface area (Å²) in [5.41, 5.74) is 6.09. The molecule has 0 spiro atoms. The summed E-state index contributed by atoms with van der Waals surface area (Å²) in [6, 6.07) is 18.4. The minimum absolute atomic E-state index is 0.0708. The maximum absolute atomic E-state index is 13.8. The van der Waals surface area contributed by atoms with E-state index in [1.807, 2.05) is 63.2 Å². The monoisotopic (exact) mass is 536 g/mol. The second-order valence-electron chi connectivity index (χ2n) is 9.86. The molecule has 0 saturated heterocycles. The van der Waals surface area contributed by atoms with Gasteiger partial charge in [0.05, 0.1) is 16.7 Å². The number of aryl methyl sites for hydroxylation is 3. The summed E-state index contributed by atoms with van der Waals surface area (Å²) in [5, 5.41) is 24.9. The summed E-state index contributed by atoms with van der Waals surface area (Å²) in [4.78, 5) is 37.8. The van der Waals surface area contributed by atoms with Crippen LogP contribution in [0, 0.1) is 30.9 Å². The van der Waals surface area contributed by atoms with Crippen molar-refractivity contribution in [3.63, 3.8) is 0 Å². The Morgan fingerprint density at radius 1 is 0.900 bits per heavy atom. The number of fused-ring (bicyclic) bond motifs is 1. The van der Waals surface area contributed by atoms with Crippen LogP contribution in [0.1, 0.15) is 45.6 Å². The lowest BCUT2D eigenvalue weighted by Crippen LogP contribution is -2.32. The van der Waals surface area contributed by atoms with Crippen LogP contribution in [0.4, 0.5) is 22.9 Å². The van der Waals surface area contributed by atoms with Crippen molar-refractivity contribution >= 4 is 34.7 Å². The molecule has 1 aliphatic rings. The zero-order valence-corrected chi connectivity index (χ0v) is 22.5. The molecule has 3 N–H and O–H groups in total. The average Bonchev–Trinajstić information content (AvgIpc) is 3.34. The molecule has 1 aliphatic heterocycles. The Morgan fingerprint density at radius 3 is 2.23 bits per heavy atom. The molecule has 0 aliphatic carbocycles. The van der Waals surface area contributed by atoms with Crippen molar-refractivity contribution in [2.75, 3.05) is 16.0 Å². The van der Waals surface area contributed by atoms with E-state index in [0.717, 1.165) is 16.7 Å². The first-order valence-corrected chi connectivity index (χ1v) is 12.7. The molecule has 1 aromatic heterocycles. The second kappa shape index (κ2) is 10.5. The van der Waals surface area contributed by atoms with E-state index in [0.29, 0.717) is 39.6 Å². The van der Waals surface area contributed by atoms with E-state index in [4.69, 9.17) is 0 Å². The summed E-state index contributed by atoms with van der Waals surface area (Å²) in [7, 11) is 0. The van der Waals surface area contributed by atoms with Crippen LogP contribution < -0.4 is 16.0 Å². The Labute approximate surface area is 230 Å². The smallest absolute Gasteiger partial charge is 0.269 e. The topological polar surface area (TPSA) is 131 Å². The molecular weight excluding hydrogens is 508 g/mol. The highest BCUT2D eigenvalue weighted by molar-refractivity contribution is 6.09. The lowest BCUT2D eigenvalue weighted by Gasteiger charge is -2.30. The number of nitro groups is 1. The molecule has 2 amide bonds. The molecule has 0 bridgehead atoms. The van der Waals surface area contributed by atoms with Gasteiger partial charge in [-0.1, -0.05) is 35.4 Å². The van der Waals surface area contributed by atoms with Gasteiger partial charge in [0.2, 0.25) is 0 Å². The van der Waals surface area contributed by atoms with Crippen molar-refractivity contribution in [1.82, 2.24) is 9.78 Å². The Bertz CT molecular complexity index is 1670. The number of benzene rings is 3. The summed E-state index contributed by atoms with van der Waals surface area (Å²) in [6.07, 6.45) is 1.45. The highest BCUT2D eigenvalue weighted by Crippen LogP contribution is 2.38. The molecule has 0 radical (unpaired) electrons. The van der Waals surface area contributed by atoms with E-state index in [9.17, 15) is 19.7 Å². The molecule has 1 atom stereocenters. The third-order valence-corrected chi connectivity index (χ3v) is 6.87. The number of carbonyl (C=O) groups excluding carboxylic acids is 2. The van der Waals surface area contributed by atoms with Crippen molar-refractivity contribution in [2.45, 2.75) is 33.7 Å². The first-order valence-electron chi connectivity index (χ1n) is 12.7. The van der Waals surface area contributed by atoms with Gasteiger partial charge in [-0.2, -0.15) is 5.10 Å². The van der Waals surface area contributed by atoms with E-state index >= 15 is 0 Å². The maximum Gasteiger partial charge on any atom is 0.269 e. The van der Waals surface area contributed by atoms with Crippen LogP contribution >= 0.6 is 0 Å². The van der Waals surface area contributed by atoms with Gasteiger partial charge in [0.15, 0.2) is 0 Å². The Kier molecular flexibility index (Phi) is 6.91. The number of rotatable bonds is 6. The average molecular weight is 537 g/mol. The van der Waals surface area contributed by atoms with Gasteiger partial charge in [0.1, 0.15) is 17.4 Å². The maximum atomic E-state index is 13.8. The summed E-state index contributed by atoms with van der Waals surface area (Å²) < 4.78 is 1.56. The van der Waals surface area contributed by atoms with E-state index in [1.165, 1.54) is 18.3 Å². The quantitative estimate of drug-likeness (QED) is 0.208. The zero-order valence-electron chi connectivity index (χ0n) is 22.5. The third kappa shape index (κ3) is 5.06. The fourth-order valence-electron chi connectivity index (χ4n) is 4.78. The summed E-state index contributed by atoms with van der Waals surface area (Å²) in [5.74, 6) is -0.309. The Hall–Kier alpha value is -5.25. The molecule has 0 unspecified atom stereocenters. The fourth-order valence-corrected chi connectivity index (χ4v) is 4.78. The number of allylic oxidation sites excluding steroid dienone is 1. The van der Waals surface area contributed by atoms with E-state index in [1.54, 1.807) is 23.7 Å². The molecule has 5 rings (SSSR count). The van der Waals surface area contributed by atoms with Crippen LogP contribution in [0.3, 0.4) is 0 Å². The van der Waals surface area contributed by atoms with Crippen LogP contribution in [-0.4, -0.2) is 26.5 Å². The molecule has 3 aromatic carbocycles. The first-order chi connectivity index (χ1) is 19.1. The SMILES string of the molecule is CC1=C(C(=O)Nc2ccc(C)cc2C)[C@@H](c2ccc([N+](=O)[O-])cc2)n2ncc(C(=O)Nc3ccc(C)cc3)c2N1. The first kappa shape index (κ1) is 26.4. The third-order valence-electron chi connectivity index (χ3n) is 6.87. The van der Waals surface area contributed by atoms with Gasteiger partial charge in [-0.3, -0.25) is 19.7 Å². The van der Waals surface area contributed by atoms with E-state index in [-0.39, 0.29) is 17.5 Å². The van der Waals surface area contributed by atoms with Crippen molar-refractivity contribution in [3.8, 4) is 0 Å². The molecule has 0 saturated carbocycles. The fraction of sp³-hybridized carbons (Fsp3) is 0.167. The Balaban J connectivity index is 1.55. The minimum Gasteiger partial charge on any atom is -0.343 e. The molecule has 2 heterocycles. The predicted molar refractivity (Wildman–Crippen MR) is 153 cm³/mol. The number of non-ortho nitro benzene ring substituents is 1. The molecule has 202 valence electrons. The number of aromatic nitrogens is 2. The predicted octanol–water partition coefficient (Wildman–Crippen LogP) is 5.90. The van der Waals surface area contributed by atoms with Crippen molar-refractivity contribution in [3.05, 3.63) is 122 Å². The highest BCUT2D eigenvalue weighted by atomic mass is 16.6. The van der Waals surface area contributed by atoms with Crippen LogP contribution in [0.5, 0.6) is 0 Å². The number of nitrogens with one attached hydrogen (secondary N) is 3. The number of anilines is 3. The van der Waals surface area contributed by atoms with E-state index in [2.05, 4.69) is 21.0 Å². The van der Waals surface area contributed by atoms with Gasteiger partial charge in [-0.25, -0.2) is 4.68 Å². The van der Waals surface area contributed by atoms with Crippen molar-refractivity contribution < 1.29 is 14.5 Å².